The third-order valence-electron chi connectivity index (χ3n) is 2.60. The fourth-order valence-electron chi connectivity index (χ4n) is 1.53. The fraction of sp³-hybridized carbons (Fsp3) is 0.154. The van der Waals surface area contributed by atoms with E-state index in [2.05, 4.69) is 20.9 Å². The topological polar surface area (TPSA) is 85.5 Å². The second-order valence-corrected chi connectivity index (χ2v) is 4.85. The number of ether oxygens (including phenoxy) is 1. The highest BCUT2D eigenvalue weighted by atomic mass is 79.9. The monoisotopic (exact) mass is 338 g/mol. The lowest BCUT2D eigenvalue weighted by Crippen LogP contribution is -1.95. The minimum atomic E-state index is -0.610. The van der Waals surface area contributed by atoms with Crippen molar-refractivity contribution in [2.45, 2.75) is 13.0 Å². The van der Waals surface area contributed by atoms with Crippen LogP contribution in [0.5, 0.6) is 11.6 Å². The molecule has 0 radical (unpaired) electrons. The molecule has 104 valence electrons. The first-order valence-electron chi connectivity index (χ1n) is 5.74. The Morgan fingerprint density at radius 2 is 2.15 bits per heavy atom. The highest BCUT2D eigenvalue weighted by Crippen LogP contribution is 2.35. The summed E-state index contributed by atoms with van der Waals surface area (Å²) in [4.78, 5) is 14.4. The summed E-state index contributed by atoms with van der Waals surface area (Å²) in [5.41, 5.74) is 0.582. The first-order chi connectivity index (χ1) is 9.49. The van der Waals surface area contributed by atoms with Crippen molar-refractivity contribution in [3.63, 3.8) is 0 Å². The van der Waals surface area contributed by atoms with E-state index in [-0.39, 0.29) is 16.0 Å². The number of aliphatic hydroxyl groups is 1. The van der Waals surface area contributed by atoms with Crippen molar-refractivity contribution >= 4 is 21.6 Å². The molecule has 20 heavy (non-hydrogen) atoms. The zero-order chi connectivity index (χ0) is 14.7. The molecule has 1 aromatic heterocycles. The average molecular weight is 339 g/mol. The zero-order valence-corrected chi connectivity index (χ0v) is 12.1. The van der Waals surface area contributed by atoms with Gasteiger partial charge in [-0.1, -0.05) is 6.07 Å². The van der Waals surface area contributed by atoms with Gasteiger partial charge in [0.15, 0.2) is 5.75 Å². The standard InChI is InChI=1S/C13H11BrN2O4/c1-8(17)9-5-6-12(15-7-9)20-11-4-2-3-10(13(11)14)16(18)19/h2-8,17H,1H3/t8-/m1/s1. The van der Waals surface area contributed by atoms with Crippen molar-refractivity contribution in [1.29, 1.82) is 0 Å². The highest BCUT2D eigenvalue weighted by Gasteiger charge is 2.16. The molecule has 0 aliphatic carbocycles. The van der Waals surface area contributed by atoms with Gasteiger partial charge < -0.3 is 9.84 Å². The second kappa shape index (κ2) is 5.98. The molecular formula is C13H11BrN2O4. The van der Waals surface area contributed by atoms with Crippen LogP contribution in [-0.2, 0) is 0 Å². The Bertz CT molecular complexity index is 629. The van der Waals surface area contributed by atoms with Gasteiger partial charge >= 0.3 is 0 Å². The van der Waals surface area contributed by atoms with Crippen LogP contribution in [0.1, 0.15) is 18.6 Å². The van der Waals surface area contributed by atoms with Gasteiger partial charge in [0, 0.05) is 18.3 Å². The van der Waals surface area contributed by atoms with Gasteiger partial charge in [-0.25, -0.2) is 4.98 Å². The lowest BCUT2D eigenvalue weighted by Gasteiger charge is -2.08. The first-order valence-corrected chi connectivity index (χ1v) is 6.53. The second-order valence-electron chi connectivity index (χ2n) is 4.05. The predicted octanol–water partition coefficient (Wildman–Crippen LogP) is 3.60. The minimum absolute atomic E-state index is 0.0805. The van der Waals surface area contributed by atoms with E-state index < -0.39 is 11.0 Å². The Morgan fingerprint density at radius 1 is 1.40 bits per heavy atom. The van der Waals surface area contributed by atoms with Crippen LogP contribution in [-0.4, -0.2) is 15.0 Å². The predicted molar refractivity (Wildman–Crippen MR) is 75.7 cm³/mol. The Labute approximate surface area is 123 Å². The van der Waals surface area contributed by atoms with Crippen LogP contribution in [0.3, 0.4) is 0 Å². The van der Waals surface area contributed by atoms with E-state index in [0.717, 1.165) is 0 Å². The van der Waals surface area contributed by atoms with Gasteiger partial charge in [-0.2, -0.15) is 0 Å². The third-order valence-corrected chi connectivity index (χ3v) is 3.39. The summed E-state index contributed by atoms with van der Waals surface area (Å²) in [6, 6.07) is 7.77. The number of halogens is 1. The molecule has 6 nitrogen and oxygen atoms in total. The molecular weight excluding hydrogens is 328 g/mol. The summed E-state index contributed by atoms with van der Waals surface area (Å²) < 4.78 is 5.75. The third kappa shape index (κ3) is 3.12. The Kier molecular flexibility index (Phi) is 4.31. The summed E-state index contributed by atoms with van der Waals surface area (Å²) in [6.45, 7) is 1.63. The van der Waals surface area contributed by atoms with Crippen LogP contribution in [0.25, 0.3) is 0 Å². The van der Waals surface area contributed by atoms with Crippen LogP contribution < -0.4 is 4.74 Å². The molecule has 2 aromatic rings. The number of aliphatic hydroxyl groups excluding tert-OH is 1. The molecule has 1 N–H and O–H groups in total. The Balaban J connectivity index is 2.26. The number of nitro benzene ring substituents is 1. The number of nitrogens with zero attached hydrogens (tertiary/aromatic N) is 2. The number of benzene rings is 1. The lowest BCUT2D eigenvalue weighted by atomic mass is 10.2. The summed E-state index contributed by atoms with van der Waals surface area (Å²) in [5, 5.41) is 20.2. The molecule has 1 aromatic carbocycles. The average Bonchev–Trinajstić information content (AvgIpc) is 2.41. The first kappa shape index (κ1) is 14.4. The van der Waals surface area contributed by atoms with Crippen LogP contribution >= 0.6 is 15.9 Å². The van der Waals surface area contributed by atoms with Gasteiger partial charge in [0.1, 0.15) is 4.47 Å². The van der Waals surface area contributed by atoms with Gasteiger partial charge in [-0.05, 0) is 40.5 Å². The molecule has 1 atom stereocenters. The van der Waals surface area contributed by atoms with Gasteiger partial charge in [0.05, 0.1) is 11.0 Å². The van der Waals surface area contributed by atoms with Crippen molar-refractivity contribution in [3.05, 3.63) is 56.7 Å². The Morgan fingerprint density at radius 3 is 2.70 bits per heavy atom. The highest BCUT2D eigenvalue weighted by molar-refractivity contribution is 9.10. The fourth-order valence-corrected chi connectivity index (χ4v) is 2.02. The molecule has 1 heterocycles. The normalized spacial score (nSPS) is 11.9. The number of hydrogen-bond donors (Lipinski definition) is 1. The maximum atomic E-state index is 10.8. The Hall–Kier alpha value is -1.99. The molecule has 0 aliphatic rings. The molecule has 0 saturated heterocycles. The van der Waals surface area contributed by atoms with Crippen LogP contribution in [0.2, 0.25) is 0 Å². The van der Waals surface area contributed by atoms with E-state index in [9.17, 15) is 15.2 Å². The van der Waals surface area contributed by atoms with Crippen molar-refractivity contribution in [2.75, 3.05) is 0 Å². The molecule has 0 saturated carbocycles. The molecule has 0 spiro atoms. The van der Waals surface area contributed by atoms with Gasteiger partial charge in [0.25, 0.3) is 5.69 Å². The van der Waals surface area contributed by atoms with Crippen LogP contribution in [0.4, 0.5) is 5.69 Å². The molecule has 0 unspecified atom stereocenters. The molecule has 2 rings (SSSR count). The van der Waals surface area contributed by atoms with Crippen molar-refractivity contribution < 1.29 is 14.8 Å². The van der Waals surface area contributed by atoms with Gasteiger partial charge in [-0.3, -0.25) is 10.1 Å². The van der Waals surface area contributed by atoms with E-state index in [0.29, 0.717) is 11.3 Å². The maximum absolute atomic E-state index is 10.8. The number of nitro groups is 1. The SMILES string of the molecule is C[C@@H](O)c1ccc(Oc2cccc([N+](=O)[O-])c2Br)nc1. The number of rotatable bonds is 4. The molecule has 0 bridgehead atoms. The van der Waals surface area contributed by atoms with E-state index in [4.69, 9.17) is 4.74 Å². The number of hydrogen-bond acceptors (Lipinski definition) is 5. The van der Waals surface area contributed by atoms with Crippen LogP contribution in [0, 0.1) is 10.1 Å². The van der Waals surface area contributed by atoms with Crippen molar-refractivity contribution in [2.24, 2.45) is 0 Å². The van der Waals surface area contributed by atoms with Gasteiger partial charge in [0.2, 0.25) is 5.88 Å². The molecule has 0 amide bonds. The quantitative estimate of drug-likeness (QED) is 0.679. The van der Waals surface area contributed by atoms with Crippen molar-refractivity contribution in [3.8, 4) is 11.6 Å². The number of pyridine rings is 1. The summed E-state index contributed by atoms with van der Waals surface area (Å²) in [5.74, 6) is 0.590. The van der Waals surface area contributed by atoms with E-state index in [1.165, 1.54) is 18.3 Å². The lowest BCUT2D eigenvalue weighted by molar-refractivity contribution is -0.385. The summed E-state index contributed by atoms with van der Waals surface area (Å²) >= 11 is 3.14. The number of aromatic nitrogens is 1. The molecule has 7 heteroatoms. The smallest absolute Gasteiger partial charge is 0.287 e. The largest absolute Gasteiger partial charge is 0.438 e. The summed E-state index contributed by atoms with van der Waals surface area (Å²) in [6.07, 6.45) is 0.881. The molecule has 0 fully saturated rings. The van der Waals surface area contributed by atoms with Crippen molar-refractivity contribution in [1.82, 2.24) is 4.98 Å². The van der Waals surface area contributed by atoms with E-state index >= 15 is 0 Å². The molecule has 0 aliphatic heterocycles. The zero-order valence-electron chi connectivity index (χ0n) is 10.5. The van der Waals surface area contributed by atoms with E-state index in [1.807, 2.05) is 0 Å². The van der Waals surface area contributed by atoms with Crippen LogP contribution in [0.15, 0.2) is 41.0 Å². The minimum Gasteiger partial charge on any atom is -0.438 e. The van der Waals surface area contributed by atoms with E-state index in [1.54, 1.807) is 25.1 Å². The van der Waals surface area contributed by atoms with Gasteiger partial charge in [-0.15, -0.1) is 0 Å². The maximum Gasteiger partial charge on any atom is 0.287 e. The summed E-state index contributed by atoms with van der Waals surface area (Å²) in [7, 11) is 0.